The van der Waals surface area contributed by atoms with Crippen LogP contribution >= 0.6 is 24.2 Å². The van der Waals surface area contributed by atoms with Crippen molar-refractivity contribution in [1.29, 1.82) is 0 Å². The van der Waals surface area contributed by atoms with Crippen molar-refractivity contribution < 1.29 is 19.5 Å². The molecule has 0 saturated heterocycles. The average Bonchev–Trinajstić information content (AvgIpc) is 3.04. The Labute approximate surface area is 175 Å². The molecular weight excluding hydrogens is 400 g/mol. The summed E-state index contributed by atoms with van der Waals surface area (Å²) in [5.74, 6) is 1.41. The molecular formula is C20H25ClN2O4S. The van der Waals surface area contributed by atoms with Crippen LogP contribution in [0.1, 0.15) is 24.3 Å². The van der Waals surface area contributed by atoms with Crippen LogP contribution in [0.15, 0.2) is 47.4 Å². The molecule has 3 rings (SSSR count). The quantitative estimate of drug-likeness (QED) is 0.526. The fraction of sp³-hybridized carbons (Fsp3) is 0.350. The van der Waals surface area contributed by atoms with Gasteiger partial charge in [0.25, 0.3) is 0 Å². The van der Waals surface area contributed by atoms with Gasteiger partial charge in [0.2, 0.25) is 5.91 Å². The zero-order valence-electron chi connectivity index (χ0n) is 16.1. The van der Waals surface area contributed by atoms with Crippen LogP contribution in [0.4, 0.5) is 5.69 Å². The average molecular weight is 425 g/mol. The number of ether oxygens (including phenoxy) is 2. The topological polar surface area (TPSA) is 62.2 Å². The molecule has 1 aliphatic rings. The minimum absolute atomic E-state index is 0. The second-order valence-corrected chi connectivity index (χ2v) is 7.44. The maximum Gasteiger partial charge on any atom is 0.225 e. The van der Waals surface area contributed by atoms with Gasteiger partial charge in [-0.3, -0.25) is 9.69 Å². The highest BCUT2D eigenvalue weighted by molar-refractivity contribution is 8.00. The summed E-state index contributed by atoms with van der Waals surface area (Å²) in [5, 5.41) is 10.2. The zero-order valence-corrected chi connectivity index (χ0v) is 17.8. The Morgan fingerprint density at radius 1 is 1.29 bits per heavy atom. The molecule has 6 nitrogen and oxygen atoms in total. The van der Waals surface area contributed by atoms with Gasteiger partial charge < -0.3 is 14.7 Å². The third-order valence-electron chi connectivity index (χ3n) is 4.30. The van der Waals surface area contributed by atoms with E-state index < -0.39 is 0 Å². The molecule has 0 spiro atoms. The van der Waals surface area contributed by atoms with E-state index in [2.05, 4.69) is 0 Å². The van der Waals surface area contributed by atoms with Crippen molar-refractivity contribution in [1.82, 2.24) is 5.06 Å². The van der Waals surface area contributed by atoms with E-state index in [-0.39, 0.29) is 23.7 Å². The van der Waals surface area contributed by atoms with Crippen LogP contribution in [0.5, 0.6) is 11.5 Å². The monoisotopic (exact) mass is 424 g/mol. The molecule has 1 N–H and O–H groups in total. The summed E-state index contributed by atoms with van der Waals surface area (Å²) < 4.78 is 11.4. The van der Waals surface area contributed by atoms with Crippen molar-refractivity contribution in [3.63, 3.8) is 0 Å². The van der Waals surface area contributed by atoms with Gasteiger partial charge in [0, 0.05) is 31.0 Å². The van der Waals surface area contributed by atoms with Crippen LogP contribution in [-0.2, 0) is 4.79 Å². The maximum absolute atomic E-state index is 12.4. The SMILES string of the molecule is COc1ccc(OCCCN(C)O)c(C2Sc3ccccc3N2C(C)=O)c1.Cl. The number of rotatable bonds is 7. The first-order valence-corrected chi connectivity index (χ1v) is 9.65. The Hall–Kier alpha value is -1.93. The molecule has 1 amide bonds. The standard InChI is InChI=1S/C20H24N2O4S.ClH/c1-14(23)22-17-7-4-5-8-19(17)27-20(22)16-13-15(25-3)9-10-18(16)26-12-6-11-21(2)24;/h4-5,7-10,13,20,24H,6,11-12H2,1-3H3;1H. The van der Waals surface area contributed by atoms with Gasteiger partial charge in [0.05, 0.1) is 19.4 Å². The van der Waals surface area contributed by atoms with Gasteiger partial charge in [-0.1, -0.05) is 23.9 Å². The number of para-hydroxylation sites is 1. The molecule has 1 heterocycles. The van der Waals surface area contributed by atoms with E-state index >= 15 is 0 Å². The fourth-order valence-corrected chi connectivity index (χ4v) is 4.41. The summed E-state index contributed by atoms with van der Waals surface area (Å²) in [4.78, 5) is 15.3. The van der Waals surface area contributed by atoms with Crippen molar-refractivity contribution in [2.75, 3.05) is 32.2 Å². The fourth-order valence-electron chi connectivity index (χ4n) is 3.05. The number of hydrogen-bond acceptors (Lipinski definition) is 6. The van der Waals surface area contributed by atoms with Crippen molar-refractivity contribution in [2.45, 2.75) is 23.6 Å². The van der Waals surface area contributed by atoms with E-state index in [0.717, 1.165) is 21.2 Å². The number of carbonyl (C=O) groups is 1. The first-order chi connectivity index (χ1) is 13.0. The molecule has 152 valence electrons. The Morgan fingerprint density at radius 3 is 2.71 bits per heavy atom. The molecule has 0 saturated carbocycles. The first kappa shape index (κ1) is 22.4. The molecule has 28 heavy (non-hydrogen) atoms. The number of hydrogen-bond donors (Lipinski definition) is 1. The Kier molecular flexibility index (Phi) is 8.00. The molecule has 1 atom stereocenters. The molecule has 8 heteroatoms. The van der Waals surface area contributed by atoms with Crippen molar-refractivity contribution >= 4 is 35.8 Å². The third kappa shape index (κ3) is 4.91. The molecule has 1 unspecified atom stereocenters. The number of anilines is 1. The van der Waals surface area contributed by atoms with Crippen molar-refractivity contribution in [3.05, 3.63) is 48.0 Å². The molecule has 0 radical (unpaired) electrons. The summed E-state index contributed by atoms with van der Waals surface area (Å²) in [5.41, 5.74) is 1.80. The van der Waals surface area contributed by atoms with Crippen molar-refractivity contribution in [2.24, 2.45) is 0 Å². The highest BCUT2D eigenvalue weighted by atomic mass is 35.5. The van der Waals surface area contributed by atoms with E-state index in [1.54, 1.807) is 37.7 Å². The van der Waals surface area contributed by atoms with Gasteiger partial charge in [0.1, 0.15) is 16.9 Å². The van der Waals surface area contributed by atoms with E-state index in [1.807, 2.05) is 42.5 Å². The van der Waals surface area contributed by atoms with Gasteiger partial charge in [-0.15, -0.1) is 12.4 Å². The number of fused-ring (bicyclic) bond motifs is 1. The molecule has 0 aliphatic carbocycles. The number of hydroxylamine groups is 2. The number of benzene rings is 2. The Bertz CT molecular complexity index is 819. The molecule has 2 aromatic carbocycles. The molecule has 0 aromatic heterocycles. The lowest BCUT2D eigenvalue weighted by Gasteiger charge is -2.25. The molecule has 0 bridgehead atoms. The van der Waals surface area contributed by atoms with Gasteiger partial charge in [-0.25, -0.2) is 0 Å². The van der Waals surface area contributed by atoms with Gasteiger partial charge in [-0.05, 0) is 36.8 Å². The summed E-state index contributed by atoms with van der Waals surface area (Å²) in [6.07, 6.45) is 0.687. The Morgan fingerprint density at radius 2 is 2.04 bits per heavy atom. The highest BCUT2D eigenvalue weighted by Crippen LogP contribution is 2.53. The number of carbonyl (C=O) groups excluding carboxylic acids is 1. The lowest BCUT2D eigenvalue weighted by Crippen LogP contribution is -2.28. The minimum Gasteiger partial charge on any atom is -0.497 e. The van der Waals surface area contributed by atoms with E-state index in [0.29, 0.717) is 31.1 Å². The maximum atomic E-state index is 12.4. The number of methoxy groups -OCH3 is 1. The molecule has 0 fully saturated rings. The van der Waals surface area contributed by atoms with E-state index in [1.165, 1.54) is 0 Å². The summed E-state index contributed by atoms with van der Waals surface area (Å²) in [6.45, 7) is 2.57. The summed E-state index contributed by atoms with van der Waals surface area (Å²) >= 11 is 1.62. The predicted molar refractivity (Wildman–Crippen MR) is 113 cm³/mol. The lowest BCUT2D eigenvalue weighted by molar-refractivity contribution is -0.116. The third-order valence-corrected chi connectivity index (χ3v) is 5.59. The number of nitrogens with zero attached hydrogens (tertiary/aromatic N) is 2. The second kappa shape index (κ2) is 10.0. The minimum atomic E-state index is -0.217. The Balaban J connectivity index is 0.00000280. The summed E-state index contributed by atoms with van der Waals surface area (Å²) in [6, 6.07) is 13.5. The van der Waals surface area contributed by atoms with E-state index in [9.17, 15) is 10.0 Å². The number of amides is 1. The van der Waals surface area contributed by atoms with Crippen LogP contribution in [0.3, 0.4) is 0 Å². The smallest absolute Gasteiger partial charge is 0.225 e. The predicted octanol–water partition coefficient (Wildman–Crippen LogP) is 4.36. The summed E-state index contributed by atoms with van der Waals surface area (Å²) in [7, 11) is 3.23. The normalized spacial score (nSPS) is 15.2. The van der Waals surface area contributed by atoms with Crippen molar-refractivity contribution in [3.8, 4) is 11.5 Å². The van der Waals surface area contributed by atoms with Gasteiger partial charge in [0.15, 0.2) is 0 Å². The second-order valence-electron chi connectivity index (χ2n) is 6.31. The largest absolute Gasteiger partial charge is 0.497 e. The van der Waals surface area contributed by atoms with Crippen LogP contribution in [-0.4, -0.2) is 43.5 Å². The van der Waals surface area contributed by atoms with Crippen LogP contribution < -0.4 is 14.4 Å². The lowest BCUT2D eigenvalue weighted by atomic mass is 10.1. The number of halogens is 1. The highest BCUT2D eigenvalue weighted by Gasteiger charge is 2.35. The number of thioether (sulfide) groups is 1. The van der Waals surface area contributed by atoms with Crippen LogP contribution in [0.25, 0.3) is 0 Å². The van der Waals surface area contributed by atoms with Crippen LogP contribution in [0.2, 0.25) is 0 Å². The van der Waals surface area contributed by atoms with Crippen LogP contribution in [0, 0.1) is 0 Å². The van der Waals surface area contributed by atoms with E-state index in [4.69, 9.17) is 9.47 Å². The molecule has 1 aliphatic heterocycles. The first-order valence-electron chi connectivity index (χ1n) is 8.77. The molecule has 2 aromatic rings. The van der Waals surface area contributed by atoms with Gasteiger partial charge >= 0.3 is 0 Å². The zero-order chi connectivity index (χ0) is 19.4. The van der Waals surface area contributed by atoms with Gasteiger partial charge in [-0.2, -0.15) is 5.06 Å².